The van der Waals surface area contributed by atoms with Gasteiger partial charge in [-0.3, -0.25) is 13.9 Å². The third-order valence-electron chi connectivity index (χ3n) is 4.20. The molecule has 20 heavy (non-hydrogen) atoms. The Balaban J connectivity index is 1.99. The van der Waals surface area contributed by atoms with E-state index in [4.69, 9.17) is 0 Å². The quantitative estimate of drug-likeness (QED) is 0.895. The Morgan fingerprint density at radius 1 is 1.20 bits per heavy atom. The first-order valence-corrected chi connectivity index (χ1v) is 8.34. The van der Waals surface area contributed by atoms with Crippen LogP contribution >= 0.6 is 11.8 Å². The molecule has 0 bridgehead atoms. The van der Waals surface area contributed by atoms with E-state index in [1.807, 2.05) is 11.8 Å². The van der Waals surface area contributed by atoms with Crippen molar-refractivity contribution < 1.29 is 0 Å². The average molecular weight is 297 g/mol. The average Bonchev–Trinajstić information content (AvgIpc) is 2.48. The molecule has 1 heterocycles. The second-order valence-electron chi connectivity index (χ2n) is 5.46. The van der Waals surface area contributed by atoms with Crippen molar-refractivity contribution in [3.05, 3.63) is 32.6 Å². The Kier molecular flexibility index (Phi) is 5.10. The largest absolute Gasteiger partial charge is 0.330 e. The number of aromatic nitrogens is 2. The second kappa shape index (κ2) is 6.63. The van der Waals surface area contributed by atoms with Gasteiger partial charge in [0, 0.05) is 43.7 Å². The summed E-state index contributed by atoms with van der Waals surface area (Å²) in [6, 6.07) is 2.04. The first-order valence-electron chi connectivity index (χ1n) is 7.05. The van der Waals surface area contributed by atoms with Gasteiger partial charge in [0.15, 0.2) is 0 Å². The lowest BCUT2D eigenvalue weighted by atomic mass is 9.95. The van der Waals surface area contributed by atoms with Gasteiger partial charge in [-0.2, -0.15) is 11.8 Å². The van der Waals surface area contributed by atoms with E-state index in [2.05, 4.69) is 11.6 Å². The topological polar surface area (TPSA) is 56.0 Å². The summed E-state index contributed by atoms with van der Waals surface area (Å²) in [5, 5.41) is 4.27. The van der Waals surface area contributed by atoms with E-state index in [0.717, 1.165) is 15.5 Å². The van der Waals surface area contributed by atoms with E-state index in [9.17, 15) is 9.59 Å². The van der Waals surface area contributed by atoms with Crippen LogP contribution in [-0.4, -0.2) is 26.7 Å². The molecule has 1 aliphatic carbocycles. The Hall–Kier alpha value is -1.01. The summed E-state index contributed by atoms with van der Waals surface area (Å²) in [4.78, 5) is 23.5. The highest BCUT2D eigenvalue weighted by Crippen LogP contribution is 2.26. The molecule has 1 fully saturated rings. The summed E-state index contributed by atoms with van der Waals surface area (Å²) in [5.74, 6) is 0. The molecular weight excluding hydrogens is 274 g/mol. The Labute approximate surface area is 123 Å². The maximum absolute atomic E-state index is 11.8. The highest BCUT2D eigenvalue weighted by molar-refractivity contribution is 7.99. The number of nitrogens with one attached hydrogen (secondary N) is 1. The van der Waals surface area contributed by atoms with Gasteiger partial charge in [0.2, 0.25) is 0 Å². The van der Waals surface area contributed by atoms with Gasteiger partial charge in [-0.1, -0.05) is 0 Å². The first-order chi connectivity index (χ1) is 9.52. The van der Waals surface area contributed by atoms with E-state index >= 15 is 0 Å². The molecule has 1 aromatic rings. The third kappa shape index (κ3) is 3.35. The number of nitrogens with zero attached hydrogens (tertiary/aromatic N) is 2. The van der Waals surface area contributed by atoms with Gasteiger partial charge in [-0.05, 0) is 31.9 Å². The lowest BCUT2D eigenvalue weighted by Gasteiger charge is -2.28. The van der Waals surface area contributed by atoms with E-state index in [1.165, 1.54) is 32.7 Å². The van der Waals surface area contributed by atoms with Crippen molar-refractivity contribution in [2.24, 2.45) is 14.1 Å². The van der Waals surface area contributed by atoms with Gasteiger partial charge in [0.05, 0.1) is 0 Å². The minimum Gasteiger partial charge on any atom is -0.308 e. The van der Waals surface area contributed by atoms with Crippen LogP contribution in [0.5, 0.6) is 0 Å². The highest BCUT2D eigenvalue weighted by Gasteiger charge is 2.20. The standard InChI is InChI=1S/C14H23N3O2S/c1-16-11(8-13(18)17(2)14(16)19)9-15-10-4-6-12(20-3)7-5-10/h8,10,12,15H,4-7,9H2,1-3H3. The van der Waals surface area contributed by atoms with Crippen LogP contribution in [0.2, 0.25) is 0 Å². The van der Waals surface area contributed by atoms with Crippen LogP contribution in [-0.2, 0) is 20.6 Å². The lowest BCUT2D eigenvalue weighted by molar-refractivity contribution is 0.374. The van der Waals surface area contributed by atoms with Gasteiger partial charge in [-0.15, -0.1) is 0 Å². The van der Waals surface area contributed by atoms with Crippen molar-refractivity contribution in [2.75, 3.05) is 6.26 Å². The zero-order valence-corrected chi connectivity index (χ0v) is 13.2. The molecular formula is C14H23N3O2S. The molecule has 0 atom stereocenters. The minimum absolute atomic E-state index is 0.240. The summed E-state index contributed by atoms with van der Waals surface area (Å²) in [5.41, 5.74) is 0.251. The van der Waals surface area contributed by atoms with Crippen LogP contribution < -0.4 is 16.6 Å². The number of hydrogen-bond acceptors (Lipinski definition) is 4. The zero-order valence-electron chi connectivity index (χ0n) is 12.4. The van der Waals surface area contributed by atoms with Crippen LogP contribution in [0.1, 0.15) is 31.4 Å². The predicted octanol–water partition coefficient (Wildman–Crippen LogP) is 0.848. The van der Waals surface area contributed by atoms with E-state index < -0.39 is 0 Å². The minimum atomic E-state index is -0.264. The zero-order chi connectivity index (χ0) is 14.7. The van der Waals surface area contributed by atoms with E-state index in [0.29, 0.717) is 12.6 Å². The fourth-order valence-electron chi connectivity index (χ4n) is 2.70. The van der Waals surface area contributed by atoms with Crippen molar-refractivity contribution >= 4 is 11.8 Å². The van der Waals surface area contributed by atoms with Crippen LogP contribution in [0.25, 0.3) is 0 Å². The summed E-state index contributed by atoms with van der Waals surface area (Å²) >= 11 is 1.95. The third-order valence-corrected chi connectivity index (χ3v) is 5.34. The Bertz CT molecular complexity index is 571. The number of thioether (sulfide) groups is 1. The van der Waals surface area contributed by atoms with E-state index in [-0.39, 0.29) is 11.2 Å². The molecule has 1 aliphatic rings. The molecule has 6 heteroatoms. The molecule has 1 saturated carbocycles. The van der Waals surface area contributed by atoms with Crippen molar-refractivity contribution in [3.8, 4) is 0 Å². The monoisotopic (exact) mass is 297 g/mol. The Morgan fingerprint density at radius 2 is 1.85 bits per heavy atom. The van der Waals surface area contributed by atoms with Crippen LogP contribution in [0, 0.1) is 0 Å². The van der Waals surface area contributed by atoms with Crippen LogP contribution in [0.4, 0.5) is 0 Å². The van der Waals surface area contributed by atoms with Gasteiger partial charge in [0.1, 0.15) is 0 Å². The molecule has 112 valence electrons. The number of rotatable bonds is 4. The molecule has 1 N–H and O–H groups in total. The van der Waals surface area contributed by atoms with Crippen molar-refractivity contribution in [1.29, 1.82) is 0 Å². The maximum atomic E-state index is 11.8. The second-order valence-corrected chi connectivity index (χ2v) is 6.60. The molecule has 0 spiro atoms. The molecule has 0 radical (unpaired) electrons. The molecule has 1 aromatic heterocycles. The summed E-state index contributed by atoms with van der Waals surface area (Å²) in [7, 11) is 3.22. The fourth-order valence-corrected chi connectivity index (χ4v) is 3.44. The smallest absolute Gasteiger partial charge is 0.308 e. The van der Waals surface area contributed by atoms with Crippen molar-refractivity contribution in [1.82, 2.24) is 14.5 Å². The fraction of sp³-hybridized carbons (Fsp3) is 0.714. The lowest BCUT2D eigenvalue weighted by Crippen LogP contribution is -2.40. The van der Waals surface area contributed by atoms with Gasteiger partial charge in [0.25, 0.3) is 5.56 Å². The van der Waals surface area contributed by atoms with Crippen molar-refractivity contribution in [2.45, 2.75) is 43.5 Å². The summed E-state index contributed by atoms with van der Waals surface area (Å²) in [6.45, 7) is 0.580. The van der Waals surface area contributed by atoms with Gasteiger partial charge >= 0.3 is 5.69 Å². The van der Waals surface area contributed by atoms with E-state index in [1.54, 1.807) is 17.7 Å². The molecule has 0 unspecified atom stereocenters. The Morgan fingerprint density at radius 3 is 2.45 bits per heavy atom. The number of hydrogen-bond donors (Lipinski definition) is 1. The molecule has 0 aliphatic heterocycles. The van der Waals surface area contributed by atoms with Gasteiger partial charge < -0.3 is 5.32 Å². The van der Waals surface area contributed by atoms with Crippen LogP contribution in [0.15, 0.2) is 15.7 Å². The molecule has 0 aromatic carbocycles. The molecule has 2 rings (SSSR count). The first kappa shape index (κ1) is 15.4. The normalized spacial score (nSPS) is 22.9. The van der Waals surface area contributed by atoms with Gasteiger partial charge in [-0.25, -0.2) is 4.79 Å². The van der Waals surface area contributed by atoms with Crippen LogP contribution in [0.3, 0.4) is 0 Å². The maximum Gasteiger partial charge on any atom is 0.330 e. The highest BCUT2D eigenvalue weighted by atomic mass is 32.2. The summed E-state index contributed by atoms with van der Waals surface area (Å²) in [6.07, 6.45) is 7.01. The molecule has 0 amide bonds. The molecule has 5 nitrogen and oxygen atoms in total. The molecule has 0 saturated heterocycles. The predicted molar refractivity (Wildman–Crippen MR) is 83.3 cm³/mol. The SMILES string of the molecule is CSC1CCC(NCc2cc(=O)n(C)c(=O)n2C)CC1. The summed E-state index contributed by atoms with van der Waals surface area (Å²) < 4.78 is 2.68. The van der Waals surface area contributed by atoms with Crippen molar-refractivity contribution in [3.63, 3.8) is 0 Å².